The van der Waals surface area contributed by atoms with E-state index in [0.717, 1.165) is 11.1 Å². The molecule has 1 heterocycles. The van der Waals surface area contributed by atoms with Crippen molar-refractivity contribution in [1.82, 2.24) is 4.57 Å². The Morgan fingerprint density at radius 3 is 2.65 bits per heavy atom. The highest BCUT2D eigenvalue weighted by atomic mass is 35.5. The van der Waals surface area contributed by atoms with E-state index in [-0.39, 0.29) is 11.0 Å². The van der Waals surface area contributed by atoms with Gasteiger partial charge in [0.1, 0.15) is 5.56 Å². The number of hydrogen-bond acceptors (Lipinski definition) is 2. The molecule has 3 aromatic rings. The third kappa shape index (κ3) is 2.85. The van der Waals surface area contributed by atoms with Crippen molar-refractivity contribution < 1.29 is 4.79 Å². The van der Waals surface area contributed by atoms with E-state index < -0.39 is 5.91 Å². The number of nitrogens with one attached hydrogen (secondary N) is 1. The molecule has 2 aromatic carbocycles. The van der Waals surface area contributed by atoms with Crippen LogP contribution in [-0.2, 0) is 7.05 Å². The van der Waals surface area contributed by atoms with E-state index >= 15 is 0 Å². The SMILES string of the molecule is Cc1ccc(NC(=O)c2cn(C)c3ccccc3c2=O)cc1Cl. The Balaban J connectivity index is 2.02. The molecule has 1 aromatic heterocycles. The Hall–Kier alpha value is -2.59. The fourth-order valence-electron chi connectivity index (χ4n) is 2.47. The summed E-state index contributed by atoms with van der Waals surface area (Å²) in [5.74, 6) is -0.448. The quantitative estimate of drug-likeness (QED) is 0.779. The van der Waals surface area contributed by atoms with Gasteiger partial charge in [0.05, 0.1) is 5.52 Å². The topological polar surface area (TPSA) is 51.1 Å². The highest BCUT2D eigenvalue weighted by Crippen LogP contribution is 2.20. The predicted octanol–water partition coefficient (Wildman–Crippen LogP) is 3.75. The van der Waals surface area contributed by atoms with Gasteiger partial charge in [-0.05, 0) is 36.8 Å². The summed E-state index contributed by atoms with van der Waals surface area (Å²) in [6.07, 6.45) is 1.55. The lowest BCUT2D eigenvalue weighted by Gasteiger charge is -2.10. The van der Waals surface area contributed by atoms with Gasteiger partial charge in [0.2, 0.25) is 5.43 Å². The van der Waals surface area contributed by atoms with E-state index in [1.165, 1.54) is 0 Å². The average molecular weight is 327 g/mol. The fourth-order valence-corrected chi connectivity index (χ4v) is 2.65. The molecule has 0 bridgehead atoms. The number of amides is 1. The lowest BCUT2D eigenvalue weighted by atomic mass is 10.1. The van der Waals surface area contributed by atoms with E-state index in [1.807, 2.05) is 25.1 Å². The maximum atomic E-state index is 12.5. The zero-order chi connectivity index (χ0) is 16.6. The first kappa shape index (κ1) is 15.3. The predicted molar refractivity (Wildman–Crippen MR) is 93.3 cm³/mol. The third-order valence-corrected chi connectivity index (χ3v) is 4.18. The van der Waals surface area contributed by atoms with E-state index in [2.05, 4.69) is 5.32 Å². The molecule has 4 nitrogen and oxygen atoms in total. The summed E-state index contributed by atoms with van der Waals surface area (Å²) in [7, 11) is 1.81. The molecule has 23 heavy (non-hydrogen) atoms. The van der Waals surface area contributed by atoms with Crippen LogP contribution in [0, 0.1) is 6.92 Å². The molecule has 0 saturated heterocycles. The maximum absolute atomic E-state index is 12.5. The minimum Gasteiger partial charge on any atom is -0.350 e. The monoisotopic (exact) mass is 326 g/mol. The second-order valence-corrected chi connectivity index (χ2v) is 5.83. The van der Waals surface area contributed by atoms with Crippen molar-refractivity contribution in [1.29, 1.82) is 0 Å². The van der Waals surface area contributed by atoms with E-state index in [4.69, 9.17) is 11.6 Å². The van der Waals surface area contributed by atoms with E-state index in [9.17, 15) is 9.59 Å². The maximum Gasteiger partial charge on any atom is 0.261 e. The highest BCUT2D eigenvalue weighted by Gasteiger charge is 2.14. The number of anilines is 1. The summed E-state index contributed by atoms with van der Waals surface area (Å²) in [4.78, 5) is 25.0. The van der Waals surface area contributed by atoms with Crippen LogP contribution < -0.4 is 10.7 Å². The van der Waals surface area contributed by atoms with Gasteiger partial charge < -0.3 is 9.88 Å². The van der Waals surface area contributed by atoms with Gasteiger partial charge in [-0.2, -0.15) is 0 Å². The van der Waals surface area contributed by atoms with Crippen molar-refractivity contribution in [3.8, 4) is 0 Å². The molecule has 0 unspecified atom stereocenters. The number of para-hydroxylation sites is 1. The van der Waals surface area contributed by atoms with Gasteiger partial charge in [-0.25, -0.2) is 0 Å². The van der Waals surface area contributed by atoms with E-state index in [0.29, 0.717) is 16.1 Å². The first-order valence-electron chi connectivity index (χ1n) is 7.13. The second kappa shape index (κ2) is 5.89. The van der Waals surface area contributed by atoms with Gasteiger partial charge in [-0.3, -0.25) is 9.59 Å². The Morgan fingerprint density at radius 2 is 1.91 bits per heavy atom. The number of nitrogens with zero attached hydrogens (tertiary/aromatic N) is 1. The van der Waals surface area contributed by atoms with Gasteiger partial charge in [0, 0.05) is 29.3 Å². The number of aryl methyl sites for hydroxylation is 2. The number of halogens is 1. The molecule has 0 saturated carbocycles. The van der Waals surface area contributed by atoms with Gasteiger partial charge >= 0.3 is 0 Å². The number of carbonyl (C=O) groups is 1. The van der Waals surface area contributed by atoms with Crippen molar-refractivity contribution in [3.05, 3.63) is 75.0 Å². The van der Waals surface area contributed by atoms with Crippen LogP contribution in [0.2, 0.25) is 5.02 Å². The lowest BCUT2D eigenvalue weighted by Crippen LogP contribution is -2.23. The van der Waals surface area contributed by atoms with Crippen molar-refractivity contribution in [2.45, 2.75) is 6.92 Å². The van der Waals surface area contributed by atoms with Crippen LogP contribution in [0.4, 0.5) is 5.69 Å². The summed E-state index contributed by atoms with van der Waals surface area (Å²) in [6.45, 7) is 1.88. The Bertz CT molecular complexity index is 976. The molecule has 0 fully saturated rings. The molecular formula is C18H15ClN2O2. The lowest BCUT2D eigenvalue weighted by molar-refractivity contribution is 0.102. The molecule has 0 radical (unpaired) electrons. The molecule has 0 atom stereocenters. The summed E-state index contributed by atoms with van der Waals surface area (Å²) in [6, 6.07) is 12.4. The van der Waals surface area contributed by atoms with E-state index in [1.54, 1.807) is 42.1 Å². The minimum absolute atomic E-state index is 0.0999. The van der Waals surface area contributed by atoms with Gasteiger partial charge in [0.15, 0.2) is 0 Å². The van der Waals surface area contributed by atoms with Crippen molar-refractivity contribution in [3.63, 3.8) is 0 Å². The summed E-state index contributed by atoms with van der Waals surface area (Å²) in [5.41, 5.74) is 2.08. The average Bonchev–Trinajstić information content (AvgIpc) is 2.54. The molecule has 116 valence electrons. The number of pyridine rings is 1. The molecular weight excluding hydrogens is 312 g/mol. The number of benzene rings is 2. The number of fused-ring (bicyclic) bond motifs is 1. The summed E-state index contributed by atoms with van der Waals surface area (Å²) in [5, 5.41) is 3.80. The Kier molecular flexibility index (Phi) is 3.92. The van der Waals surface area contributed by atoms with Gasteiger partial charge in [0.25, 0.3) is 5.91 Å². The molecule has 0 spiro atoms. The molecule has 0 aliphatic rings. The normalized spacial score (nSPS) is 10.7. The Labute approximate surface area is 138 Å². The standard InChI is InChI=1S/C18H15ClN2O2/c1-11-7-8-12(9-15(11)19)20-18(23)14-10-21(2)16-6-4-3-5-13(16)17(14)22/h3-10H,1-2H3,(H,20,23). The smallest absolute Gasteiger partial charge is 0.261 e. The first-order valence-corrected chi connectivity index (χ1v) is 7.51. The fraction of sp³-hybridized carbons (Fsp3) is 0.111. The zero-order valence-electron chi connectivity index (χ0n) is 12.8. The number of rotatable bonds is 2. The third-order valence-electron chi connectivity index (χ3n) is 3.77. The molecule has 1 N–H and O–H groups in total. The van der Waals surface area contributed by atoms with Crippen LogP contribution in [0.5, 0.6) is 0 Å². The first-order chi connectivity index (χ1) is 11.0. The molecule has 0 aliphatic carbocycles. The van der Waals surface area contributed by atoms with Crippen LogP contribution in [0.3, 0.4) is 0 Å². The van der Waals surface area contributed by atoms with Gasteiger partial charge in [-0.1, -0.05) is 29.8 Å². The van der Waals surface area contributed by atoms with Crippen LogP contribution in [-0.4, -0.2) is 10.5 Å². The molecule has 1 amide bonds. The summed E-state index contributed by atoms with van der Waals surface area (Å²) >= 11 is 6.06. The molecule has 5 heteroatoms. The number of carbonyl (C=O) groups excluding carboxylic acids is 1. The highest BCUT2D eigenvalue weighted by molar-refractivity contribution is 6.31. The van der Waals surface area contributed by atoms with Crippen molar-refractivity contribution in [2.24, 2.45) is 7.05 Å². The number of aromatic nitrogens is 1. The Morgan fingerprint density at radius 1 is 1.17 bits per heavy atom. The number of hydrogen-bond donors (Lipinski definition) is 1. The molecule has 3 rings (SSSR count). The largest absolute Gasteiger partial charge is 0.350 e. The van der Waals surface area contributed by atoms with Crippen LogP contribution in [0.25, 0.3) is 10.9 Å². The molecule has 0 aliphatic heterocycles. The zero-order valence-corrected chi connectivity index (χ0v) is 13.5. The van der Waals surface area contributed by atoms with Crippen LogP contribution in [0.15, 0.2) is 53.5 Å². The van der Waals surface area contributed by atoms with Gasteiger partial charge in [-0.15, -0.1) is 0 Å². The minimum atomic E-state index is -0.448. The summed E-state index contributed by atoms with van der Waals surface area (Å²) < 4.78 is 1.77. The van der Waals surface area contributed by atoms with Crippen LogP contribution in [0.1, 0.15) is 15.9 Å². The van der Waals surface area contributed by atoms with Crippen molar-refractivity contribution in [2.75, 3.05) is 5.32 Å². The van der Waals surface area contributed by atoms with Crippen LogP contribution >= 0.6 is 11.6 Å². The van der Waals surface area contributed by atoms with Crippen molar-refractivity contribution >= 4 is 34.1 Å². The second-order valence-electron chi connectivity index (χ2n) is 5.42.